The van der Waals surface area contributed by atoms with Crippen molar-refractivity contribution in [2.24, 2.45) is 5.41 Å². The number of ketones is 1. The Hall–Kier alpha value is -1.11. The van der Waals surface area contributed by atoms with E-state index in [4.69, 9.17) is 0 Å². The van der Waals surface area contributed by atoms with Crippen LogP contribution in [0.1, 0.15) is 40.0 Å². The van der Waals surface area contributed by atoms with E-state index in [1.165, 1.54) is 5.57 Å². The van der Waals surface area contributed by atoms with E-state index < -0.39 is 0 Å². The molecule has 0 N–H and O–H groups in total. The third-order valence-electron chi connectivity index (χ3n) is 2.58. The number of Topliss-reactive ketones (excluding diaryl/α,β-unsaturated/α-hetero) is 1. The average Bonchev–Trinajstić information content (AvgIpc) is 2.10. The topological polar surface area (TPSA) is 17.1 Å². The van der Waals surface area contributed by atoms with Crippen molar-refractivity contribution in [2.75, 3.05) is 0 Å². The highest BCUT2D eigenvalue weighted by Crippen LogP contribution is 2.33. The van der Waals surface area contributed by atoms with Gasteiger partial charge in [-0.25, -0.2) is 0 Å². The summed E-state index contributed by atoms with van der Waals surface area (Å²) in [4.78, 5) is 11.8. The van der Waals surface area contributed by atoms with Gasteiger partial charge in [0.05, 0.1) is 0 Å². The van der Waals surface area contributed by atoms with Gasteiger partial charge in [0.15, 0.2) is 5.78 Å². The first-order valence-corrected chi connectivity index (χ1v) is 5.49. The standard InChI is InChI=1S/C14H20O/c1-5-6-7-13(15)12-8-11(2)9-14(3,4)10-12/h5,8,10H,1,6-7,9H2,2-4H3. The van der Waals surface area contributed by atoms with Crippen LogP contribution in [0, 0.1) is 5.41 Å². The average molecular weight is 204 g/mol. The minimum absolute atomic E-state index is 0.123. The maximum atomic E-state index is 11.8. The molecule has 0 saturated heterocycles. The number of rotatable bonds is 4. The quantitative estimate of drug-likeness (QED) is 0.636. The van der Waals surface area contributed by atoms with Crippen LogP contribution in [0.5, 0.6) is 0 Å². The normalized spacial score (nSPS) is 19.1. The van der Waals surface area contributed by atoms with Crippen molar-refractivity contribution in [1.82, 2.24) is 0 Å². The number of hydrogen-bond donors (Lipinski definition) is 0. The van der Waals surface area contributed by atoms with Gasteiger partial charge in [0.1, 0.15) is 0 Å². The summed E-state index contributed by atoms with van der Waals surface area (Å²) in [7, 11) is 0. The monoisotopic (exact) mass is 204 g/mol. The van der Waals surface area contributed by atoms with E-state index >= 15 is 0 Å². The maximum absolute atomic E-state index is 11.8. The second-order valence-corrected chi connectivity index (χ2v) is 5.01. The van der Waals surface area contributed by atoms with Gasteiger partial charge in [0.25, 0.3) is 0 Å². The lowest BCUT2D eigenvalue weighted by Crippen LogP contribution is -2.16. The molecule has 0 saturated carbocycles. The molecule has 1 nitrogen and oxygen atoms in total. The van der Waals surface area contributed by atoms with Gasteiger partial charge in [-0.2, -0.15) is 0 Å². The van der Waals surface area contributed by atoms with Gasteiger partial charge >= 0.3 is 0 Å². The Morgan fingerprint density at radius 1 is 1.60 bits per heavy atom. The van der Waals surface area contributed by atoms with Gasteiger partial charge in [-0.15, -0.1) is 6.58 Å². The van der Waals surface area contributed by atoms with Gasteiger partial charge < -0.3 is 0 Å². The van der Waals surface area contributed by atoms with Crippen molar-refractivity contribution in [2.45, 2.75) is 40.0 Å². The molecule has 0 bridgehead atoms. The lowest BCUT2D eigenvalue weighted by molar-refractivity contribution is -0.115. The molecule has 0 aliphatic heterocycles. The van der Waals surface area contributed by atoms with Crippen molar-refractivity contribution >= 4 is 5.78 Å². The van der Waals surface area contributed by atoms with Crippen LogP contribution in [0.2, 0.25) is 0 Å². The third-order valence-corrected chi connectivity index (χ3v) is 2.58. The minimum Gasteiger partial charge on any atom is -0.294 e. The molecule has 0 unspecified atom stereocenters. The highest BCUT2D eigenvalue weighted by Gasteiger charge is 2.22. The van der Waals surface area contributed by atoms with Crippen molar-refractivity contribution < 1.29 is 4.79 Å². The molecule has 1 rings (SSSR count). The molecule has 0 aromatic rings. The summed E-state index contributed by atoms with van der Waals surface area (Å²) in [6, 6.07) is 0. The lowest BCUT2D eigenvalue weighted by Gasteiger charge is -2.26. The Bertz CT molecular complexity index is 329. The molecular weight excluding hydrogens is 184 g/mol. The van der Waals surface area contributed by atoms with E-state index in [-0.39, 0.29) is 11.2 Å². The largest absolute Gasteiger partial charge is 0.294 e. The van der Waals surface area contributed by atoms with E-state index in [9.17, 15) is 4.79 Å². The molecule has 0 atom stereocenters. The molecule has 0 spiro atoms. The van der Waals surface area contributed by atoms with Crippen LogP contribution < -0.4 is 0 Å². The summed E-state index contributed by atoms with van der Waals surface area (Å²) < 4.78 is 0. The summed E-state index contributed by atoms with van der Waals surface area (Å²) in [6.45, 7) is 10.1. The Kier molecular flexibility index (Phi) is 3.67. The van der Waals surface area contributed by atoms with E-state index in [1.807, 2.05) is 6.08 Å². The van der Waals surface area contributed by atoms with Gasteiger partial charge in [-0.1, -0.05) is 37.6 Å². The van der Waals surface area contributed by atoms with E-state index in [0.717, 1.165) is 18.4 Å². The fourth-order valence-corrected chi connectivity index (χ4v) is 2.09. The first kappa shape index (κ1) is 12.0. The van der Waals surface area contributed by atoms with Crippen LogP contribution in [-0.4, -0.2) is 5.78 Å². The van der Waals surface area contributed by atoms with Crippen LogP contribution in [0.4, 0.5) is 0 Å². The van der Waals surface area contributed by atoms with Gasteiger partial charge in [-0.3, -0.25) is 4.79 Å². The summed E-state index contributed by atoms with van der Waals surface area (Å²) >= 11 is 0. The number of allylic oxidation sites excluding steroid dienone is 5. The minimum atomic E-state index is 0.123. The zero-order valence-electron chi connectivity index (χ0n) is 9.97. The van der Waals surface area contributed by atoms with E-state index in [1.54, 1.807) is 6.08 Å². The molecule has 82 valence electrons. The van der Waals surface area contributed by atoms with Gasteiger partial charge in [-0.05, 0) is 25.2 Å². The fraction of sp³-hybridized carbons (Fsp3) is 0.500. The van der Waals surface area contributed by atoms with Gasteiger partial charge in [0, 0.05) is 12.0 Å². The number of hydrogen-bond acceptors (Lipinski definition) is 1. The summed E-state index contributed by atoms with van der Waals surface area (Å²) in [5.41, 5.74) is 2.30. The molecule has 1 heteroatoms. The first-order valence-electron chi connectivity index (χ1n) is 5.49. The van der Waals surface area contributed by atoms with Crippen LogP contribution in [-0.2, 0) is 4.79 Å². The van der Waals surface area contributed by atoms with E-state index in [2.05, 4.69) is 33.4 Å². The van der Waals surface area contributed by atoms with Crippen molar-refractivity contribution in [1.29, 1.82) is 0 Å². The molecule has 0 fully saturated rings. The van der Waals surface area contributed by atoms with Crippen molar-refractivity contribution in [3.05, 3.63) is 36.0 Å². The summed E-state index contributed by atoms with van der Waals surface area (Å²) in [5, 5.41) is 0. The molecule has 0 amide bonds. The first-order chi connectivity index (χ1) is 6.94. The molecule has 1 aliphatic rings. The Morgan fingerprint density at radius 2 is 2.27 bits per heavy atom. The Labute approximate surface area is 92.6 Å². The van der Waals surface area contributed by atoms with Crippen LogP contribution in [0.25, 0.3) is 0 Å². The SMILES string of the molecule is C=CCCC(=O)C1=CC(C)(C)CC(C)=C1. The van der Waals surface area contributed by atoms with Gasteiger partial charge in [0.2, 0.25) is 0 Å². The van der Waals surface area contributed by atoms with Crippen LogP contribution in [0.3, 0.4) is 0 Å². The lowest BCUT2D eigenvalue weighted by atomic mass is 9.79. The smallest absolute Gasteiger partial charge is 0.162 e. The number of carbonyl (C=O) groups excluding carboxylic acids is 1. The molecule has 0 heterocycles. The van der Waals surface area contributed by atoms with Crippen molar-refractivity contribution in [3.8, 4) is 0 Å². The molecule has 0 aromatic carbocycles. The highest BCUT2D eigenvalue weighted by atomic mass is 16.1. The second-order valence-electron chi connectivity index (χ2n) is 5.01. The summed E-state index contributed by atoms with van der Waals surface area (Å²) in [6.07, 6.45) is 8.31. The predicted molar refractivity (Wildman–Crippen MR) is 64.7 cm³/mol. The molecule has 0 aromatic heterocycles. The summed E-state index contributed by atoms with van der Waals surface area (Å²) in [5.74, 6) is 0.238. The fourth-order valence-electron chi connectivity index (χ4n) is 2.09. The maximum Gasteiger partial charge on any atom is 0.162 e. The predicted octanol–water partition coefficient (Wildman–Crippen LogP) is 3.82. The molecule has 1 aliphatic carbocycles. The van der Waals surface area contributed by atoms with Crippen LogP contribution in [0.15, 0.2) is 36.0 Å². The Balaban J connectivity index is 2.80. The highest BCUT2D eigenvalue weighted by molar-refractivity contribution is 5.98. The zero-order chi connectivity index (χ0) is 11.5. The van der Waals surface area contributed by atoms with Crippen LogP contribution >= 0.6 is 0 Å². The molecule has 0 radical (unpaired) electrons. The third kappa shape index (κ3) is 3.50. The van der Waals surface area contributed by atoms with Crippen molar-refractivity contribution in [3.63, 3.8) is 0 Å². The van der Waals surface area contributed by atoms with E-state index in [0.29, 0.717) is 6.42 Å². The zero-order valence-corrected chi connectivity index (χ0v) is 9.97. The molecular formula is C14H20O. The second kappa shape index (κ2) is 4.61. The number of carbonyl (C=O) groups is 1. The Morgan fingerprint density at radius 3 is 2.80 bits per heavy atom. The molecule has 15 heavy (non-hydrogen) atoms.